The van der Waals surface area contributed by atoms with Crippen LogP contribution in [0.4, 0.5) is 4.39 Å². The fourth-order valence-electron chi connectivity index (χ4n) is 3.55. The highest BCUT2D eigenvalue weighted by Gasteiger charge is 2.29. The Morgan fingerprint density at radius 1 is 1.37 bits per heavy atom. The van der Waals surface area contributed by atoms with Crippen LogP contribution < -0.4 is 5.32 Å². The third kappa shape index (κ3) is 3.36. The van der Waals surface area contributed by atoms with E-state index in [0.29, 0.717) is 5.92 Å². The minimum absolute atomic E-state index is 0.0661. The third-order valence-electron chi connectivity index (χ3n) is 4.67. The molecule has 1 aromatic carbocycles. The first-order valence-electron chi connectivity index (χ1n) is 7.59. The summed E-state index contributed by atoms with van der Waals surface area (Å²) < 4.78 is 14.1. The lowest BCUT2D eigenvalue weighted by molar-refractivity contribution is 0.212. The molecule has 0 saturated heterocycles. The molecule has 1 saturated carbocycles. The highest BCUT2D eigenvalue weighted by Crippen LogP contribution is 2.39. The lowest BCUT2D eigenvalue weighted by Crippen LogP contribution is -2.30. The molecule has 0 heterocycles. The number of rotatable bonds is 4. The minimum Gasteiger partial charge on any atom is -0.313 e. The molecule has 19 heavy (non-hydrogen) atoms. The summed E-state index contributed by atoms with van der Waals surface area (Å²) in [5.41, 5.74) is 1.99. The van der Waals surface area contributed by atoms with Crippen molar-refractivity contribution in [3.05, 3.63) is 35.1 Å². The van der Waals surface area contributed by atoms with Crippen molar-refractivity contribution in [1.29, 1.82) is 0 Å². The second kappa shape index (κ2) is 6.51. The van der Waals surface area contributed by atoms with Crippen molar-refractivity contribution < 1.29 is 4.39 Å². The second-order valence-electron chi connectivity index (χ2n) is 5.99. The lowest BCUT2D eigenvalue weighted by atomic mass is 9.75. The fraction of sp³-hybridized carbons (Fsp3) is 0.647. The van der Waals surface area contributed by atoms with Gasteiger partial charge in [-0.3, -0.25) is 0 Å². The average Bonchev–Trinajstić information content (AvgIpc) is 2.44. The Morgan fingerprint density at radius 3 is 2.84 bits per heavy atom. The summed E-state index contributed by atoms with van der Waals surface area (Å²) in [4.78, 5) is 0. The number of hydrogen-bond acceptors (Lipinski definition) is 1. The molecule has 2 heteroatoms. The second-order valence-corrected chi connectivity index (χ2v) is 5.99. The van der Waals surface area contributed by atoms with E-state index >= 15 is 0 Å². The molecule has 1 aliphatic rings. The van der Waals surface area contributed by atoms with Gasteiger partial charge >= 0.3 is 0 Å². The standard InChI is InChI=1S/C17H26FN/c1-4-13-6-5-7-14(11-13)17(19-3)15-10-12(2)8-9-16(15)18/h8-10,13-14,17,19H,4-7,11H2,1-3H3. The number of aryl methyl sites for hydroxylation is 1. The van der Waals surface area contributed by atoms with E-state index in [-0.39, 0.29) is 11.9 Å². The minimum atomic E-state index is -0.0661. The molecule has 0 spiro atoms. The van der Waals surface area contributed by atoms with Crippen molar-refractivity contribution in [2.75, 3.05) is 7.05 Å². The quantitative estimate of drug-likeness (QED) is 0.836. The van der Waals surface area contributed by atoms with Gasteiger partial charge in [0.2, 0.25) is 0 Å². The predicted molar refractivity (Wildman–Crippen MR) is 78.7 cm³/mol. The van der Waals surface area contributed by atoms with Crippen LogP contribution in [0.3, 0.4) is 0 Å². The Kier molecular flexibility index (Phi) is 4.98. The maximum Gasteiger partial charge on any atom is 0.128 e. The summed E-state index contributed by atoms with van der Waals surface area (Å²) in [5, 5.41) is 3.36. The SMILES string of the molecule is CCC1CCCC(C(NC)c2cc(C)ccc2F)C1. The van der Waals surface area contributed by atoms with Crippen molar-refractivity contribution in [2.45, 2.75) is 52.0 Å². The fourth-order valence-corrected chi connectivity index (χ4v) is 3.55. The van der Waals surface area contributed by atoms with Crippen LogP contribution in [0.15, 0.2) is 18.2 Å². The molecule has 0 bridgehead atoms. The molecule has 1 fully saturated rings. The van der Waals surface area contributed by atoms with Gasteiger partial charge in [0, 0.05) is 11.6 Å². The zero-order valence-electron chi connectivity index (χ0n) is 12.4. The number of hydrogen-bond donors (Lipinski definition) is 1. The molecule has 2 rings (SSSR count). The van der Waals surface area contributed by atoms with E-state index in [9.17, 15) is 4.39 Å². The molecule has 0 radical (unpaired) electrons. The third-order valence-corrected chi connectivity index (χ3v) is 4.67. The Bertz CT molecular complexity index is 416. The largest absolute Gasteiger partial charge is 0.313 e. The molecule has 0 aliphatic heterocycles. The van der Waals surface area contributed by atoms with Crippen molar-refractivity contribution in [3.8, 4) is 0 Å². The van der Waals surface area contributed by atoms with Gasteiger partial charge in [-0.1, -0.05) is 43.9 Å². The number of nitrogens with one attached hydrogen (secondary N) is 1. The van der Waals surface area contributed by atoms with Gasteiger partial charge in [-0.2, -0.15) is 0 Å². The van der Waals surface area contributed by atoms with E-state index < -0.39 is 0 Å². The molecule has 0 aromatic heterocycles. The van der Waals surface area contributed by atoms with Crippen LogP contribution in [0.2, 0.25) is 0 Å². The zero-order valence-corrected chi connectivity index (χ0v) is 12.4. The van der Waals surface area contributed by atoms with Gasteiger partial charge in [-0.25, -0.2) is 4.39 Å². The maximum absolute atomic E-state index is 14.1. The Balaban J connectivity index is 2.21. The summed E-state index contributed by atoms with van der Waals surface area (Å²) in [6.07, 6.45) is 6.34. The Hall–Kier alpha value is -0.890. The average molecular weight is 263 g/mol. The van der Waals surface area contributed by atoms with E-state index in [1.165, 1.54) is 32.1 Å². The first kappa shape index (κ1) is 14.5. The summed E-state index contributed by atoms with van der Waals surface area (Å²) in [5.74, 6) is 1.33. The molecular weight excluding hydrogens is 237 g/mol. The molecule has 1 nitrogen and oxygen atoms in total. The van der Waals surface area contributed by atoms with Crippen molar-refractivity contribution in [3.63, 3.8) is 0 Å². The van der Waals surface area contributed by atoms with Crippen molar-refractivity contribution in [1.82, 2.24) is 5.32 Å². The Morgan fingerprint density at radius 2 is 2.16 bits per heavy atom. The van der Waals surface area contributed by atoms with Crippen LogP contribution in [0, 0.1) is 24.6 Å². The molecule has 1 aromatic rings. The van der Waals surface area contributed by atoms with Gasteiger partial charge in [0.25, 0.3) is 0 Å². The zero-order chi connectivity index (χ0) is 13.8. The van der Waals surface area contributed by atoms with E-state index in [0.717, 1.165) is 17.0 Å². The van der Waals surface area contributed by atoms with E-state index in [1.54, 1.807) is 6.07 Å². The van der Waals surface area contributed by atoms with Crippen LogP contribution in [0.5, 0.6) is 0 Å². The normalized spacial score (nSPS) is 25.3. The first-order valence-corrected chi connectivity index (χ1v) is 7.59. The van der Waals surface area contributed by atoms with Gasteiger partial charge in [0.05, 0.1) is 0 Å². The molecular formula is C17H26FN. The molecule has 1 aliphatic carbocycles. The lowest BCUT2D eigenvalue weighted by Gasteiger charge is -2.34. The summed E-state index contributed by atoms with van der Waals surface area (Å²) in [7, 11) is 1.96. The molecule has 1 N–H and O–H groups in total. The van der Waals surface area contributed by atoms with Crippen LogP contribution in [-0.4, -0.2) is 7.05 Å². The smallest absolute Gasteiger partial charge is 0.128 e. The molecule has 0 amide bonds. The maximum atomic E-state index is 14.1. The monoisotopic (exact) mass is 263 g/mol. The van der Waals surface area contributed by atoms with E-state index in [4.69, 9.17) is 0 Å². The predicted octanol–water partition coefficient (Wildman–Crippen LogP) is 4.61. The van der Waals surface area contributed by atoms with E-state index in [2.05, 4.69) is 12.2 Å². The molecule has 3 unspecified atom stereocenters. The van der Waals surface area contributed by atoms with Crippen LogP contribution in [-0.2, 0) is 0 Å². The van der Waals surface area contributed by atoms with Gasteiger partial charge in [-0.05, 0) is 44.7 Å². The Labute approximate surface area is 116 Å². The van der Waals surface area contributed by atoms with Crippen LogP contribution in [0.1, 0.15) is 56.2 Å². The molecule has 3 atom stereocenters. The van der Waals surface area contributed by atoms with Crippen LogP contribution in [0.25, 0.3) is 0 Å². The topological polar surface area (TPSA) is 12.0 Å². The highest BCUT2D eigenvalue weighted by molar-refractivity contribution is 5.27. The van der Waals surface area contributed by atoms with Crippen molar-refractivity contribution in [2.24, 2.45) is 11.8 Å². The van der Waals surface area contributed by atoms with Gasteiger partial charge in [0.15, 0.2) is 0 Å². The summed E-state index contributed by atoms with van der Waals surface area (Å²) in [6, 6.07) is 5.62. The van der Waals surface area contributed by atoms with Gasteiger partial charge in [-0.15, -0.1) is 0 Å². The van der Waals surface area contributed by atoms with E-state index in [1.807, 2.05) is 26.1 Å². The van der Waals surface area contributed by atoms with Crippen molar-refractivity contribution >= 4 is 0 Å². The van der Waals surface area contributed by atoms with Crippen LogP contribution >= 0.6 is 0 Å². The first-order chi connectivity index (χ1) is 9.15. The van der Waals surface area contributed by atoms with Gasteiger partial charge in [0.1, 0.15) is 5.82 Å². The highest BCUT2D eigenvalue weighted by atomic mass is 19.1. The number of halogens is 1. The summed E-state index contributed by atoms with van der Waals surface area (Å²) >= 11 is 0. The molecule has 106 valence electrons. The van der Waals surface area contributed by atoms with Gasteiger partial charge < -0.3 is 5.32 Å². The number of benzene rings is 1. The summed E-state index contributed by atoms with van der Waals surface area (Å²) in [6.45, 7) is 4.31.